The van der Waals surface area contributed by atoms with Crippen molar-refractivity contribution in [3.63, 3.8) is 0 Å². The lowest BCUT2D eigenvalue weighted by Crippen LogP contribution is -2.61. The van der Waals surface area contributed by atoms with E-state index in [1.807, 2.05) is 6.33 Å². The Bertz CT molecular complexity index is 1290. The van der Waals surface area contributed by atoms with Crippen LogP contribution < -0.4 is 15.5 Å². The molecule has 37 heavy (non-hydrogen) atoms. The van der Waals surface area contributed by atoms with Crippen molar-refractivity contribution < 1.29 is 4.79 Å². The Morgan fingerprint density at radius 2 is 1.89 bits per heavy atom. The van der Waals surface area contributed by atoms with Gasteiger partial charge in [0.25, 0.3) is 0 Å². The number of nitrogens with one attached hydrogen (secondary N) is 2. The van der Waals surface area contributed by atoms with Gasteiger partial charge in [-0.2, -0.15) is 9.97 Å². The molecule has 9 nitrogen and oxygen atoms in total. The number of carbonyl (C=O) groups excluding carboxylic acids is 1. The maximum atomic E-state index is 12.0. The second-order valence-electron chi connectivity index (χ2n) is 12.0. The van der Waals surface area contributed by atoms with Crippen LogP contribution in [0.4, 0.5) is 17.5 Å². The number of hydrogen-bond donors (Lipinski definition) is 2. The molecule has 0 radical (unpaired) electrons. The van der Waals surface area contributed by atoms with Crippen LogP contribution in [0.1, 0.15) is 65.6 Å². The molecule has 2 N–H and O–H groups in total. The van der Waals surface area contributed by atoms with Crippen molar-refractivity contribution in [2.45, 2.75) is 72.4 Å². The lowest BCUT2D eigenvalue weighted by atomic mass is 9.86. The summed E-state index contributed by atoms with van der Waals surface area (Å²) >= 11 is 0. The van der Waals surface area contributed by atoms with E-state index in [4.69, 9.17) is 9.97 Å². The number of likely N-dealkylation sites (N-methyl/N-ethyl adjacent to an activating group) is 1. The highest BCUT2D eigenvalue weighted by Gasteiger charge is 2.36. The third-order valence-electron chi connectivity index (χ3n) is 7.30. The van der Waals surface area contributed by atoms with Crippen LogP contribution >= 0.6 is 0 Å². The van der Waals surface area contributed by atoms with Crippen LogP contribution in [0.5, 0.6) is 0 Å². The van der Waals surface area contributed by atoms with E-state index < -0.39 is 0 Å². The summed E-state index contributed by atoms with van der Waals surface area (Å²) in [4.78, 5) is 31.1. The normalized spacial score (nSPS) is 16.4. The fraction of sp³-hybridized carbons (Fsp3) is 0.571. The summed E-state index contributed by atoms with van der Waals surface area (Å²) in [5.74, 6) is 1.44. The van der Waals surface area contributed by atoms with Crippen LogP contribution in [0.3, 0.4) is 0 Å². The Morgan fingerprint density at radius 3 is 2.51 bits per heavy atom. The molecular weight excluding hydrogens is 464 g/mol. The van der Waals surface area contributed by atoms with E-state index in [0.29, 0.717) is 24.7 Å². The Kier molecular flexibility index (Phi) is 7.21. The van der Waals surface area contributed by atoms with Gasteiger partial charge >= 0.3 is 0 Å². The molecule has 0 bridgehead atoms. The second-order valence-corrected chi connectivity index (χ2v) is 12.0. The first-order valence-electron chi connectivity index (χ1n) is 13.1. The molecule has 1 aliphatic rings. The second kappa shape index (κ2) is 9.93. The highest BCUT2D eigenvalue weighted by atomic mass is 16.1. The van der Waals surface area contributed by atoms with E-state index in [1.54, 1.807) is 7.05 Å². The minimum atomic E-state index is -0.217. The summed E-state index contributed by atoms with van der Waals surface area (Å²) in [5, 5.41) is 6.38. The highest BCUT2D eigenvalue weighted by molar-refractivity contribution is 5.87. The Balaban J connectivity index is 1.74. The quantitative estimate of drug-likeness (QED) is 0.512. The number of nitrogens with zero attached hydrogens (tertiary/aromatic N) is 6. The lowest BCUT2D eigenvalue weighted by molar-refractivity contribution is -0.123. The number of anilines is 3. The van der Waals surface area contributed by atoms with Gasteiger partial charge in [0.05, 0.1) is 12.9 Å². The first-order chi connectivity index (χ1) is 17.3. The summed E-state index contributed by atoms with van der Waals surface area (Å²) in [6.07, 6.45) is 1.85. The summed E-state index contributed by atoms with van der Waals surface area (Å²) < 4.78 is 2.12. The van der Waals surface area contributed by atoms with E-state index in [9.17, 15) is 4.79 Å². The van der Waals surface area contributed by atoms with Gasteiger partial charge in [0, 0.05) is 44.0 Å². The number of carbonyl (C=O) groups is 1. The number of benzene rings is 1. The number of aryl methyl sites for hydroxylation is 1. The van der Waals surface area contributed by atoms with E-state index in [0.717, 1.165) is 35.7 Å². The molecule has 9 heteroatoms. The SMILES string of the molecule is CNC(=O)CN1CCN(c2nc(Nc3cc(C(C)(C)C)ccc3C)c3c(ncn3C(C)C)n2)CC1(C)C. The fourth-order valence-electron chi connectivity index (χ4n) is 4.81. The van der Waals surface area contributed by atoms with E-state index >= 15 is 0 Å². The number of piperazine rings is 1. The van der Waals surface area contributed by atoms with E-state index in [-0.39, 0.29) is 22.9 Å². The minimum Gasteiger partial charge on any atom is -0.358 e. The molecule has 0 aliphatic carbocycles. The van der Waals surface area contributed by atoms with Gasteiger partial charge in [0.1, 0.15) is 5.52 Å². The molecule has 0 saturated carbocycles. The van der Waals surface area contributed by atoms with Crippen molar-refractivity contribution in [3.8, 4) is 0 Å². The molecule has 0 spiro atoms. The predicted octanol–water partition coefficient (Wildman–Crippen LogP) is 4.40. The summed E-state index contributed by atoms with van der Waals surface area (Å²) in [7, 11) is 1.68. The number of rotatable bonds is 6. The van der Waals surface area contributed by atoms with Crippen LogP contribution in [0.25, 0.3) is 11.2 Å². The van der Waals surface area contributed by atoms with Gasteiger partial charge in [-0.05, 0) is 57.2 Å². The Hall–Kier alpha value is -3.20. The van der Waals surface area contributed by atoms with Crippen molar-refractivity contribution in [2.24, 2.45) is 0 Å². The molecule has 0 atom stereocenters. The summed E-state index contributed by atoms with van der Waals surface area (Å²) in [6.45, 7) is 19.9. The molecule has 4 rings (SSSR count). The van der Waals surface area contributed by atoms with Gasteiger partial charge in [0.15, 0.2) is 11.5 Å². The average molecular weight is 507 g/mol. The fourth-order valence-corrected chi connectivity index (χ4v) is 4.81. The number of hydrogen-bond acceptors (Lipinski definition) is 7. The molecule has 1 fully saturated rings. The van der Waals surface area contributed by atoms with Crippen LogP contribution in [0.2, 0.25) is 0 Å². The molecular formula is C28H42N8O. The van der Waals surface area contributed by atoms with Crippen LogP contribution in [0.15, 0.2) is 24.5 Å². The zero-order valence-electron chi connectivity index (χ0n) is 23.8. The topological polar surface area (TPSA) is 91.2 Å². The van der Waals surface area contributed by atoms with Crippen LogP contribution in [0, 0.1) is 6.92 Å². The summed E-state index contributed by atoms with van der Waals surface area (Å²) in [6, 6.07) is 6.80. The van der Waals surface area contributed by atoms with Gasteiger partial charge in [0.2, 0.25) is 11.9 Å². The van der Waals surface area contributed by atoms with Gasteiger partial charge in [-0.3, -0.25) is 9.69 Å². The average Bonchev–Trinajstić information content (AvgIpc) is 3.25. The third-order valence-corrected chi connectivity index (χ3v) is 7.30. The van der Waals surface area contributed by atoms with E-state index in [2.05, 4.69) is 104 Å². The maximum Gasteiger partial charge on any atom is 0.233 e. The van der Waals surface area contributed by atoms with Crippen molar-refractivity contribution in [1.82, 2.24) is 29.7 Å². The number of aromatic nitrogens is 4. The molecule has 3 heterocycles. The summed E-state index contributed by atoms with van der Waals surface area (Å²) in [5.41, 5.74) is 4.85. The first kappa shape index (κ1) is 26.9. The van der Waals surface area contributed by atoms with Crippen LogP contribution in [-0.4, -0.2) is 69.1 Å². The smallest absolute Gasteiger partial charge is 0.233 e. The Labute approximate surface area is 220 Å². The Morgan fingerprint density at radius 1 is 1.16 bits per heavy atom. The molecule has 2 aromatic heterocycles. The molecule has 1 saturated heterocycles. The van der Waals surface area contributed by atoms with Gasteiger partial charge in [-0.1, -0.05) is 32.9 Å². The third kappa shape index (κ3) is 5.56. The maximum absolute atomic E-state index is 12.0. The molecule has 1 amide bonds. The highest BCUT2D eigenvalue weighted by Crippen LogP contribution is 2.33. The van der Waals surface area contributed by atoms with Crippen molar-refractivity contribution in [1.29, 1.82) is 0 Å². The lowest BCUT2D eigenvalue weighted by Gasteiger charge is -2.46. The number of fused-ring (bicyclic) bond motifs is 1. The first-order valence-corrected chi connectivity index (χ1v) is 13.1. The largest absolute Gasteiger partial charge is 0.358 e. The molecule has 3 aromatic rings. The standard InChI is InChI=1S/C28H42N8O/c1-18(2)36-17-30-24-23(36)25(31-21-14-20(27(4,5)6)11-10-19(21)3)33-26(32-24)34-12-13-35(15-22(37)29-9)28(7,8)16-34/h10-11,14,17-18H,12-13,15-16H2,1-9H3,(H,29,37)(H,31,32,33). The number of amides is 1. The minimum absolute atomic E-state index is 0.0257. The number of imidazole rings is 1. The molecule has 200 valence electrons. The predicted molar refractivity (Wildman–Crippen MR) is 151 cm³/mol. The monoisotopic (exact) mass is 506 g/mol. The molecule has 1 aliphatic heterocycles. The zero-order valence-corrected chi connectivity index (χ0v) is 23.8. The van der Waals surface area contributed by atoms with Crippen molar-refractivity contribution in [2.75, 3.05) is 43.4 Å². The van der Waals surface area contributed by atoms with Gasteiger partial charge in [-0.25, -0.2) is 4.98 Å². The van der Waals surface area contributed by atoms with Crippen molar-refractivity contribution >= 4 is 34.5 Å². The van der Waals surface area contributed by atoms with Gasteiger partial charge in [-0.15, -0.1) is 0 Å². The van der Waals surface area contributed by atoms with Crippen molar-refractivity contribution in [3.05, 3.63) is 35.7 Å². The van der Waals surface area contributed by atoms with E-state index in [1.165, 1.54) is 5.56 Å². The molecule has 1 aromatic carbocycles. The van der Waals surface area contributed by atoms with Gasteiger partial charge < -0.3 is 20.1 Å². The molecule has 0 unspecified atom stereocenters. The zero-order chi connectivity index (χ0) is 27.1. The van der Waals surface area contributed by atoms with Crippen LogP contribution in [-0.2, 0) is 10.2 Å².